The Morgan fingerprint density at radius 2 is 0.520 bits per heavy atom. The average Bonchev–Trinajstić information content (AvgIpc) is 0.988. The Morgan fingerprint density at radius 1 is 0.290 bits per heavy atom. The van der Waals surface area contributed by atoms with E-state index in [1.165, 1.54) is 64.2 Å². The first-order valence-corrected chi connectivity index (χ1v) is 42.1. The number of carbonyl (C=O) groups excluding carboxylic acids is 4. The second-order valence-corrected chi connectivity index (χ2v) is 28.8. The van der Waals surface area contributed by atoms with E-state index in [9.17, 15) is 43.2 Å². The first-order valence-electron chi connectivity index (χ1n) is 39.1. The highest BCUT2D eigenvalue weighted by Crippen LogP contribution is 2.45. The summed E-state index contributed by atoms with van der Waals surface area (Å²) in [5.41, 5.74) is 0. The molecule has 0 fully saturated rings. The fourth-order valence-corrected chi connectivity index (χ4v) is 11.9. The number of aliphatic hydroxyl groups excluding tert-OH is 1. The van der Waals surface area contributed by atoms with Crippen LogP contribution in [0.1, 0.15) is 323 Å². The number of carbonyl (C=O) groups is 4. The maximum atomic E-state index is 13.1. The van der Waals surface area contributed by atoms with Crippen molar-refractivity contribution in [3.05, 3.63) is 109 Å². The Bertz CT molecular complexity index is 2320. The molecule has 19 heteroatoms. The lowest BCUT2D eigenvalue weighted by Gasteiger charge is -2.21. The minimum atomic E-state index is -4.99. The molecule has 0 saturated heterocycles. The lowest BCUT2D eigenvalue weighted by atomic mass is 10.1. The molecule has 576 valence electrons. The van der Waals surface area contributed by atoms with Crippen molar-refractivity contribution in [2.75, 3.05) is 39.6 Å². The van der Waals surface area contributed by atoms with Gasteiger partial charge in [0.15, 0.2) is 12.2 Å². The van der Waals surface area contributed by atoms with Gasteiger partial charge in [0.05, 0.1) is 26.4 Å². The van der Waals surface area contributed by atoms with Gasteiger partial charge < -0.3 is 33.8 Å². The van der Waals surface area contributed by atoms with Crippen LogP contribution in [0.3, 0.4) is 0 Å². The third-order valence-corrected chi connectivity index (χ3v) is 18.1. The number of hydrogen-bond donors (Lipinski definition) is 3. The number of phosphoric ester groups is 2. The van der Waals surface area contributed by atoms with Crippen molar-refractivity contribution in [3.63, 3.8) is 0 Å². The molecule has 0 heterocycles. The predicted octanol–water partition coefficient (Wildman–Crippen LogP) is 22.6. The van der Waals surface area contributed by atoms with Gasteiger partial charge in [-0.2, -0.15) is 0 Å². The third kappa shape index (κ3) is 72.1. The molecule has 0 rings (SSSR count). The molecule has 0 spiro atoms. The molecule has 17 nitrogen and oxygen atoms in total. The molecule has 0 radical (unpaired) electrons. The molecule has 0 amide bonds. The molecular formula is C81H140O17P2. The van der Waals surface area contributed by atoms with Crippen molar-refractivity contribution in [2.45, 2.75) is 341 Å². The average molecular weight is 1450 g/mol. The minimum absolute atomic E-state index is 0.0753. The number of aliphatic hydroxyl groups is 1. The molecule has 0 aromatic rings. The normalized spacial score (nSPS) is 14.5. The number of esters is 4. The lowest BCUT2D eigenvalue weighted by molar-refractivity contribution is -0.161. The predicted molar refractivity (Wildman–Crippen MR) is 408 cm³/mol. The Kier molecular flexibility index (Phi) is 69.9. The highest BCUT2D eigenvalue weighted by Gasteiger charge is 2.30. The molecule has 0 aliphatic heterocycles. The molecule has 0 bridgehead atoms. The van der Waals surface area contributed by atoms with Crippen LogP contribution in [0.2, 0.25) is 0 Å². The van der Waals surface area contributed by atoms with Crippen molar-refractivity contribution in [1.29, 1.82) is 0 Å². The van der Waals surface area contributed by atoms with Gasteiger partial charge in [-0.3, -0.25) is 37.3 Å². The number of phosphoric acid groups is 2. The Labute approximate surface area is 607 Å². The van der Waals surface area contributed by atoms with E-state index < -0.39 is 97.5 Å². The molecule has 0 aromatic heterocycles. The summed E-state index contributed by atoms with van der Waals surface area (Å²) >= 11 is 0. The summed E-state index contributed by atoms with van der Waals surface area (Å²) in [5.74, 6) is -2.24. The number of rotatable bonds is 73. The smallest absolute Gasteiger partial charge is 0.462 e. The monoisotopic (exact) mass is 1450 g/mol. The SMILES string of the molecule is CC/C=C\C/C=C\C/C=C\C/C=C\CCCCC(=O)OCC(COP(=O)(O)OCC(O)COP(=O)(O)OCC(COC(=O)CCCCCCCCC/C=C\C/C=C\C/C=C\CC)OC(=O)CCCCCCC/C=C\CCCCCC)OC(=O)CCCCCCC/C=C\CCCCCCCC. The second kappa shape index (κ2) is 73.0. The summed E-state index contributed by atoms with van der Waals surface area (Å²) < 4.78 is 68.5. The van der Waals surface area contributed by atoms with Crippen LogP contribution in [0.5, 0.6) is 0 Å². The molecule has 0 saturated carbocycles. The van der Waals surface area contributed by atoms with Crippen LogP contribution in [-0.2, 0) is 65.4 Å². The number of allylic oxidation sites excluding steroid dienone is 18. The zero-order valence-corrected chi connectivity index (χ0v) is 64.6. The van der Waals surface area contributed by atoms with Crippen LogP contribution in [0.25, 0.3) is 0 Å². The summed E-state index contributed by atoms with van der Waals surface area (Å²) in [6.07, 6.45) is 77.9. The van der Waals surface area contributed by atoms with Crippen LogP contribution in [-0.4, -0.2) is 96.7 Å². The summed E-state index contributed by atoms with van der Waals surface area (Å²) in [7, 11) is -9.97. The highest BCUT2D eigenvalue weighted by molar-refractivity contribution is 7.47. The zero-order chi connectivity index (χ0) is 73.2. The van der Waals surface area contributed by atoms with Crippen LogP contribution in [0.4, 0.5) is 0 Å². The van der Waals surface area contributed by atoms with Gasteiger partial charge in [-0.05, 0) is 148 Å². The number of hydrogen-bond acceptors (Lipinski definition) is 15. The van der Waals surface area contributed by atoms with E-state index in [4.69, 9.17) is 37.0 Å². The Hall–Kier alpha value is -4.28. The van der Waals surface area contributed by atoms with Crippen LogP contribution >= 0.6 is 15.6 Å². The van der Waals surface area contributed by atoms with E-state index in [-0.39, 0.29) is 25.7 Å². The molecule has 3 N–H and O–H groups in total. The van der Waals surface area contributed by atoms with Crippen molar-refractivity contribution in [2.24, 2.45) is 0 Å². The Balaban J connectivity index is 5.38. The van der Waals surface area contributed by atoms with E-state index in [0.717, 1.165) is 180 Å². The quantitative estimate of drug-likeness (QED) is 0.0169. The third-order valence-electron chi connectivity index (χ3n) is 16.2. The maximum Gasteiger partial charge on any atom is 0.472 e. The van der Waals surface area contributed by atoms with Gasteiger partial charge in [0.1, 0.15) is 19.3 Å². The molecule has 0 aliphatic carbocycles. The standard InChI is InChI=1S/C81H140O17P2/c1-5-9-13-17-21-25-29-33-36-37-40-43-46-50-54-58-62-66-79(84)92-71-76(97-80(85)67-63-59-55-51-47-41-32-28-24-20-16-12-8-4)73-95-99(87,88)93-69-75(82)70-94-100(89,90)96-74-77(98-81(86)68-64-60-56-52-48-44-39-35-31-27-23-19-15-11-7-3)72-91-78(83)65-61-57-53-49-45-42-38-34-30-26-22-18-14-10-6-2/h9-10,13-14,21-22,25-26,28,32-36,38-39,45,49,75-77,82H,5-8,11-12,15-20,23-24,27,29-31,37,40-44,46-48,50-74H2,1-4H3,(H,87,88)(H,89,90)/b13-9-,14-10-,25-21-,26-22-,32-28-,36-33-,38-34-,39-35-,49-45-. The number of ether oxygens (including phenoxy) is 4. The first kappa shape index (κ1) is 95.7. The first-order chi connectivity index (χ1) is 48.7. The van der Waals surface area contributed by atoms with Gasteiger partial charge in [-0.1, -0.05) is 259 Å². The summed E-state index contributed by atoms with van der Waals surface area (Å²) in [6.45, 7) is 4.57. The summed E-state index contributed by atoms with van der Waals surface area (Å²) in [4.78, 5) is 72.9. The van der Waals surface area contributed by atoms with Crippen molar-refractivity contribution in [1.82, 2.24) is 0 Å². The second-order valence-electron chi connectivity index (χ2n) is 25.9. The van der Waals surface area contributed by atoms with Crippen molar-refractivity contribution >= 4 is 39.5 Å². The largest absolute Gasteiger partial charge is 0.472 e. The van der Waals surface area contributed by atoms with Gasteiger partial charge in [0.25, 0.3) is 0 Å². The van der Waals surface area contributed by atoms with E-state index in [1.807, 2.05) is 0 Å². The molecule has 5 atom stereocenters. The molecule has 100 heavy (non-hydrogen) atoms. The van der Waals surface area contributed by atoms with Crippen molar-refractivity contribution < 1.29 is 80.2 Å². The highest BCUT2D eigenvalue weighted by atomic mass is 31.2. The van der Waals surface area contributed by atoms with Crippen LogP contribution < -0.4 is 0 Å². The van der Waals surface area contributed by atoms with E-state index in [2.05, 4.69) is 137 Å². The molecule has 0 aromatic carbocycles. The minimum Gasteiger partial charge on any atom is -0.462 e. The number of unbranched alkanes of at least 4 members (excludes halogenated alkanes) is 29. The van der Waals surface area contributed by atoms with Crippen LogP contribution in [0, 0.1) is 0 Å². The fourth-order valence-electron chi connectivity index (χ4n) is 10.3. The van der Waals surface area contributed by atoms with E-state index in [1.54, 1.807) is 0 Å². The van der Waals surface area contributed by atoms with E-state index in [0.29, 0.717) is 25.7 Å². The lowest BCUT2D eigenvalue weighted by Crippen LogP contribution is -2.30. The maximum absolute atomic E-state index is 13.1. The zero-order valence-electron chi connectivity index (χ0n) is 62.8. The van der Waals surface area contributed by atoms with Crippen molar-refractivity contribution in [3.8, 4) is 0 Å². The van der Waals surface area contributed by atoms with Gasteiger partial charge in [0, 0.05) is 25.7 Å². The molecule has 0 aliphatic rings. The van der Waals surface area contributed by atoms with Gasteiger partial charge in [-0.15, -0.1) is 0 Å². The van der Waals surface area contributed by atoms with Gasteiger partial charge in [0.2, 0.25) is 0 Å². The fraction of sp³-hybridized carbons (Fsp3) is 0.728. The van der Waals surface area contributed by atoms with Gasteiger partial charge in [-0.25, -0.2) is 9.13 Å². The summed E-state index contributed by atoms with van der Waals surface area (Å²) in [5, 5.41) is 10.6. The summed E-state index contributed by atoms with van der Waals surface area (Å²) in [6, 6.07) is 0. The Morgan fingerprint density at radius 3 is 0.840 bits per heavy atom. The molecule has 5 unspecified atom stereocenters. The van der Waals surface area contributed by atoms with Gasteiger partial charge >= 0.3 is 39.5 Å². The topological polar surface area (TPSA) is 237 Å². The molecular weight excluding hydrogens is 1310 g/mol. The van der Waals surface area contributed by atoms with Crippen LogP contribution in [0.15, 0.2) is 109 Å². The van der Waals surface area contributed by atoms with E-state index >= 15 is 0 Å².